The highest BCUT2D eigenvalue weighted by molar-refractivity contribution is 5.96. The van der Waals surface area contributed by atoms with E-state index in [-0.39, 0.29) is 26.1 Å². The quantitative estimate of drug-likeness (QED) is 0.154. The molecule has 0 spiro atoms. The van der Waals surface area contributed by atoms with Gasteiger partial charge in [-0.15, -0.1) is 0 Å². The summed E-state index contributed by atoms with van der Waals surface area (Å²) in [5.74, 6) is -0.289. The Balaban J connectivity index is 1.80. The Kier molecular flexibility index (Phi) is 8.93. The Labute approximate surface area is 225 Å². The van der Waals surface area contributed by atoms with Crippen LogP contribution in [0, 0.1) is 0 Å². The summed E-state index contributed by atoms with van der Waals surface area (Å²) in [5.41, 5.74) is 2.15. The first kappa shape index (κ1) is 27.4. The molecule has 0 unspecified atom stereocenters. The van der Waals surface area contributed by atoms with Crippen molar-refractivity contribution in [3.05, 3.63) is 114 Å². The molecule has 2 amide bonds. The molecule has 0 bridgehead atoms. The number of aliphatic hydroxyl groups excluding tert-OH is 2. The van der Waals surface area contributed by atoms with Crippen LogP contribution in [0.3, 0.4) is 0 Å². The summed E-state index contributed by atoms with van der Waals surface area (Å²) in [6, 6.07) is 29.6. The van der Waals surface area contributed by atoms with Gasteiger partial charge in [0, 0.05) is 6.54 Å². The number of carbonyl (C=O) groups excluding carboxylic acids is 1. The lowest BCUT2D eigenvalue weighted by molar-refractivity contribution is -0.124. The van der Waals surface area contributed by atoms with E-state index in [4.69, 9.17) is 5.11 Å². The minimum atomic E-state index is -1.45. The fourth-order valence-electron chi connectivity index (χ4n) is 4.49. The molecule has 202 valence electrons. The third kappa shape index (κ3) is 6.25. The van der Waals surface area contributed by atoms with E-state index in [1.54, 1.807) is 4.68 Å². The number of aliphatic hydroxyl groups is 2. The Morgan fingerprint density at radius 2 is 1.38 bits per heavy atom. The third-order valence-electron chi connectivity index (χ3n) is 6.33. The second-order valence-corrected chi connectivity index (χ2v) is 8.85. The van der Waals surface area contributed by atoms with Gasteiger partial charge in [0.25, 0.3) is 5.91 Å². The standard InChI is InChI=1S/C29H31N5O5/c35-19-18-34-26(24(20-31-34)32-27(37)25(36)16-17-30-28(38)39)33-29(21-10-4-1-5-11-21,22-12-6-2-7-13-22)23-14-8-3-9-15-23/h1-15,20,25,30,33,35-36H,16-19H2,(H,32,37)(H,38,39)/t25-/m0/s1. The molecular weight excluding hydrogens is 498 g/mol. The Morgan fingerprint density at radius 1 is 0.872 bits per heavy atom. The number of carbonyl (C=O) groups is 2. The molecule has 0 saturated carbocycles. The van der Waals surface area contributed by atoms with E-state index in [1.807, 2.05) is 91.0 Å². The first-order valence-corrected chi connectivity index (χ1v) is 12.5. The topological polar surface area (TPSA) is 149 Å². The lowest BCUT2D eigenvalue weighted by Crippen LogP contribution is -2.39. The van der Waals surface area contributed by atoms with Crippen LogP contribution >= 0.6 is 0 Å². The maximum Gasteiger partial charge on any atom is 0.404 e. The number of nitrogens with one attached hydrogen (secondary N) is 3. The van der Waals surface area contributed by atoms with Crippen molar-refractivity contribution in [1.29, 1.82) is 0 Å². The normalized spacial score (nSPS) is 11.9. The van der Waals surface area contributed by atoms with E-state index < -0.39 is 23.6 Å². The van der Waals surface area contributed by atoms with Gasteiger partial charge in [-0.2, -0.15) is 5.10 Å². The third-order valence-corrected chi connectivity index (χ3v) is 6.33. The van der Waals surface area contributed by atoms with E-state index >= 15 is 0 Å². The van der Waals surface area contributed by atoms with Gasteiger partial charge < -0.3 is 31.3 Å². The summed E-state index contributed by atoms with van der Waals surface area (Å²) in [6.07, 6.45) is -1.34. The average molecular weight is 530 g/mol. The summed E-state index contributed by atoms with van der Waals surface area (Å²) in [7, 11) is 0. The van der Waals surface area contributed by atoms with Gasteiger partial charge >= 0.3 is 6.09 Å². The number of nitrogens with zero attached hydrogens (tertiary/aromatic N) is 2. The number of anilines is 2. The minimum absolute atomic E-state index is 0.0854. The zero-order valence-electron chi connectivity index (χ0n) is 21.2. The van der Waals surface area contributed by atoms with Crippen molar-refractivity contribution in [2.45, 2.75) is 24.6 Å². The molecule has 4 aromatic rings. The van der Waals surface area contributed by atoms with Gasteiger partial charge in [-0.3, -0.25) is 4.79 Å². The Hall–Kier alpha value is -4.67. The van der Waals surface area contributed by atoms with Crippen molar-refractivity contribution in [3.63, 3.8) is 0 Å². The number of rotatable bonds is 12. The summed E-state index contributed by atoms with van der Waals surface area (Å²) in [4.78, 5) is 23.5. The molecule has 10 nitrogen and oxygen atoms in total. The maximum absolute atomic E-state index is 12.8. The van der Waals surface area contributed by atoms with Gasteiger partial charge in [0.15, 0.2) is 0 Å². The van der Waals surface area contributed by atoms with Crippen molar-refractivity contribution in [1.82, 2.24) is 15.1 Å². The molecular formula is C29H31N5O5. The summed E-state index contributed by atoms with van der Waals surface area (Å²) >= 11 is 0. The van der Waals surface area contributed by atoms with Gasteiger partial charge in [0.05, 0.1) is 19.3 Å². The second kappa shape index (κ2) is 12.7. The molecule has 10 heteroatoms. The molecule has 6 N–H and O–H groups in total. The van der Waals surface area contributed by atoms with E-state index in [1.165, 1.54) is 6.20 Å². The molecule has 3 aromatic carbocycles. The van der Waals surface area contributed by atoms with Crippen molar-refractivity contribution in [3.8, 4) is 0 Å². The van der Waals surface area contributed by atoms with Crippen LogP contribution < -0.4 is 16.0 Å². The van der Waals surface area contributed by atoms with Crippen LogP contribution in [-0.4, -0.2) is 56.4 Å². The predicted octanol–water partition coefficient (Wildman–Crippen LogP) is 3.24. The number of hydrogen-bond donors (Lipinski definition) is 6. The van der Waals surface area contributed by atoms with Crippen molar-refractivity contribution in [2.75, 3.05) is 23.8 Å². The lowest BCUT2D eigenvalue weighted by atomic mass is 9.77. The predicted molar refractivity (Wildman–Crippen MR) is 147 cm³/mol. The average Bonchev–Trinajstić information content (AvgIpc) is 3.33. The molecule has 4 rings (SSSR count). The van der Waals surface area contributed by atoms with Gasteiger partial charge in [-0.1, -0.05) is 91.0 Å². The van der Waals surface area contributed by atoms with Gasteiger partial charge in [0.1, 0.15) is 23.1 Å². The second-order valence-electron chi connectivity index (χ2n) is 8.85. The number of benzene rings is 3. The first-order valence-electron chi connectivity index (χ1n) is 12.5. The number of carboxylic acid groups (broad SMARTS) is 1. The van der Waals surface area contributed by atoms with Crippen LogP contribution in [0.25, 0.3) is 0 Å². The summed E-state index contributed by atoms with van der Waals surface area (Å²) < 4.78 is 1.55. The van der Waals surface area contributed by atoms with Crippen LogP contribution in [0.5, 0.6) is 0 Å². The van der Waals surface area contributed by atoms with Crippen LogP contribution in [0.2, 0.25) is 0 Å². The highest BCUT2D eigenvalue weighted by atomic mass is 16.4. The first-order chi connectivity index (χ1) is 19.0. The zero-order valence-corrected chi connectivity index (χ0v) is 21.2. The number of hydrogen-bond acceptors (Lipinski definition) is 6. The number of amides is 2. The maximum atomic E-state index is 12.8. The molecule has 0 radical (unpaired) electrons. The molecule has 0 aliphatic carbocycles. The van der Waals surface area contributed by atoms with Gasteiger partial charge in [0.2, 0.25) is 0 Å². The number of aromatic nitrogens is 2. The fourth-order valence-corrected chi connectivity index (χ4v) is 4.49. The van der Waals surface area contributed by atoms with Crippen molar-refractivity contribution in [2.24, 2.45) is 0 Å². The SMILES string of the molecule is O=C(O)NCC[C@H](O)C(=O)Nc1cnn(CCO)c1NC(c1ccccc1)(c1ccccc1)c1ccccc1. The van der Waals surface area contributed by atoms with Crippen LogP contribution in [-0.2, 0) is 16.9 Å². The molecule has 1 aromatic heterocycles. The molecule has 1 heterocycles. The Morgan fingerprint density at radius 3 is 1.85 bits per heavy atom. The largest absolute Gasteiger partial charge is 0.465 e. The fraction of sp³-hybridized carbons (Fsp3) is 0.207. The highest BCUT2D eigenvalue weighted by Gasteiger charge is 2.38. The zero-order chi connectivity index (χ0) is 27.7. The smallest absolute Gasteiger partial charge is 0.404 e. The Bertz CT molecular complexity index is 1270. The minimum Gasteiger partial charge on any atom is -0.465 e. The van der Waals surface area contributed by atoms with Gasteiger partial charge in [-0.25, -0.2) is 9.48 Å². The van der Waals surface area contributed by atoms with E-state index in [9.17, 15) is 19.8 Å². The van der Waals surface area contributed by atoms with Crippen LogP contribution in [0.15, 0.2) is 97.2 Å². The molecule has 1 atom stereocenters. The lowest BCUT2D eigenvalue weighted by Gasteiger charge is -2.38. The molecule has 0 aliphatic heterocycles. The molecule has 0 aliphatic rings. The van der Waals surface area contributed by atoms with Crippen LogP contribution in [0.4, 0.5) is 16.3 Å². The monoisotopic (exact) mass is 529 g/mol. The summed E-state index contributed by atoms with van der Waals surface area (Å²) in [5, 5.41) is 41.7. The van der Waals surface area contributed by atoms with Crippen molar-refractivity contribution < 1.29 is 24.9 Å². The molecule has 39 heavy (non-hydrogen) atoms. The van der Waals surface area contributed by atoms with Crippen molar-refractivity contribution >= 4 is 23.5 Å². The molecule has 0 saturated heterocycles. The highest BCUT2D eigenvalue weighted by Crippen LogP contribution is 2.41. The summed E-state index contributed by atoms with van der Waals surface area (Å²) in [6.45, 7) is -0.127. The van der Waals surface area contributed by atoms with E-state index in [0.717, 1.165) is 16.7 Å². The van der Waals surface area contributed by atoms with E-state index in [0.29, 0.717) is 11.5 Å². The van der Waals surface area contributed by atoms with E-state index in [2.05, 4.69) is 21.0 Å². The van der Waals surface area contributed by atoms with Crippen LogP contribution in [0.1, 0.15) is 23.1 Å². The molecule has 0 fully saturated rings. The van der Waals surface area contributed by atoms with Gasteiger partial charge in [-0.05, 0) is 23.1 Å².